The molecule has 0 saturated heterocycles. The van der Waals surface area contributed by atoms with Crippen LogP contribution in [0.5, 0.6) is 0 Å². The van der Waals surface area contributed by atoms with Crippen LogP contribution >= 0.6 is 11.8 Å². The normalized spacial score (nSPS) is 15.6. The number of rotatable bonds is 1. The van der Waals surface area contributed by atoms with Crippen LogP contribution in [0.1, 0.15) is 0 Å². The zero-order valence-electron chi connectivity index (χ0n) is 8.03. The van der Waals surface area contributed by atoms with Crippen LogP contribution in [0.4, 0.5) is 5.69 Å². The molecule has 3 rings (SSSR count). The Morgan fingerprint density at radius 1 is 1.40 bits per heavy atom. The molecule has 1 aromatic carbocycles. The van der Waals surface area contributed by atoms with Gasteiger partial charge in [-0.2, -0.15) is 5.10 Å². The largest absolute Gasteiger partial charge is 0.335 e. The van der Waals surface area contributed by atoms with Gasteiger partial charge >= 0.3 is 0 Å². The number of aliphatic imine (C=N–C) groups is 1. The van der Waals surface area contributed by atoms with Crippen LogP contribution in [0.25, 0.3) is 10.9 Å². The minimum absolute atomic E-state index is 0.918. The third-order valence-electron chi connectivity index (χ3n) is 2.28. The summed E-state index contributed by atoms with van der Waals surface area (Å²) in [4.78, 5) is 4.34. The lowest BCUT2D eigenvalue weighted by atomic mass is 10.2. The molecule has 0 atom stereocenters. The predicted octanol–water partition coefficient (Wildman–Crippen LogP) is 2.08. The van der Waals surface area contributed by atoms with Crippen LogP contribution in [-0.4, -0.2) is 27.7 Å². The summed E-state index contributed by atoms with van der Waals surface area (Å²) in [6.07, 6.45) is 1.82. The number of fused-ring (bicyclic) bond motifs is 1. The maximum absolute atomic E-state index is 4.34. The highest BCUT2D eigenvalue weighted by atomic mass is 32.2. The van der Waals surface area contributed by atoms with E-state index in [4.69, 9.17) is 0 Å². The van der Waals surface area contributed by atoms with Crippen molar-refractivity contribution in [1.82, 2.24) is 10.2 Å². The molecular formula is C10H10N4S. The third kappa shape index (κ3) is 1.70. The van der Waals surface area contributed by atoms with E-state index in [9.17, 15) is 0 Å². The Bertz CT molecular complexity index is 517. The van der Waals surface area contributed by atoms with Gasteiger partial charge in [0.25, 0.3) is 0 Å². The van der Waals surface area contributed by atoms with Gasteiger partial charge in [0.1, 0.15) is 0 Å². The van der Waals surface area contributed by atoms with E-state index in [-0.39, 0.29) is 0 Å². The molecule has 0 unspecified atom stereocenters. The number of H-pyrrole nitrogens is 1. The van der Waals surface area contributed by atoms with Gasteiger partial charge in [-0.05, 0) is 18.2 Å². The number of thioether (sulfide) groups is 1. The summed E-state index contributed by atoms with van der Waals surface area (Å²) in [5.41, 5.74) is 2.12. The summed E-state index contributed by atoms with van der Waals surface area (Å²) in [7, 11) is 0. The topological polar surface area (TPSA) is 53.1 Å². The Hall–Kier alpha value is -1.49. The average molecular weight is 218 g/mol. The lowest BCUT2D eigenvalue weighted by Gasteiger charge is -2.04. The van der Waals surface area contributed by atoms with Gasteiger partial charge in [-0.1, -0.05) is 11.8 Å². The fourth-order valence-corrected chi connectivity index (χ4v) is 2.30. The van der Waals surface area contributed by atoms with Crippen molar-refractivity contribution in [3.8, 4) is 0 Å². The molecule has 15 heavy (non-hydrogen) atoms. The standard InChI is InChI=1S/C10H10N4S/c1-2-9-7(6-12-14-9)5-8(1)13-10-11-3-4-15-10/h1-2,5-6H,3-4H2,(H,11,13)(H,12,14). The molecule has 0 aliphatic carbocycles. The van der Waals surface area contributed by atoms with E-state index < -0.39 is 0 Å². The van der Waals surface area contributed by atoms with Gasteiger partial charge in [-0.15, -0.1) is 0 Å². The van der Waals surface area contributed by atoms with Gasteiger partial charge in [0.05, 0.1) is 18.3 Å². The van der Waals surface area contributed by atoms with E-state index >= 15 is 0 Å². The van der Waals surface area contributed by atoms with Gasteiger partial charge in [-0.3, -0.25) is 10.1 Å². The van der Waals surface area contributed by atoms with Gasteiger partial charge in [-0.25, -0.2) is 0 Å². The quantitative estimate of drug-likeness (QED) is 0.770. The molecule has 2 N–H and O–H groups in total. The number of anilines is 1. The molecule has 76 valence electrons. The molecule has 1 aliphatic rings. The highest BCUT2D eigenvalue weighted by Crippen LogP contribution is 2.19. The first kappa shape index (κ1) is 8.79. The van der Waals surface area contributed by atoms with Gasteiger partial charge in [0.2, 0.25) is 0 Å². The van der Waals surface area contributed by atoms with E-state index in [1.165, 1.54) is 0 Å². The molecule has 0 radical (unpaired) electrons. The predicted molar refractivity (Wildman–Crippen MR) is 64.5 cm³/mol. The summed E-state index contributed by atoms with van der Waals surface area (Å²) in [5, 5.41) is 12.3. The minimum Gasteiger partial charge on any atom is -0.335 e. The zero-order chi connectivity index (χ0) is 10.1. The third-order valence-corrected chi connectivity index (χ3v) is 3.17. The van der Waals surface area contributed by atoms with Crippen molar-refractivity contribution in [1.29, 1.82) is 0 Å². The molecule has 1 aliphatic heterocycles. The van der Waals surface area contributed by atoms with E-state index in [0.29, 0.717) is 0 Å². The maximum atomic E-state index is 4.34. The lowest BCUT2D eigenvalue weighted by molar-refractivity contribution is 1.12. The van der Waals surface area contributed by atoms with Crippen molar-refractivity contribution in [3.05, 3.63) is 24.4 Å². The first-order chi connectivity index (χ1) is 7.42. The molecule has 5 heteroatoms. The highest BCUT2D eigenvalue weighted by molar-refractivity contribution is 8.14. The number of hydrogen-bond acceptors (Lipinski definition) is 4. The second-order valence-electron chi connectivity index (χ2n) is 3.33. The Morgan fingerprint density at radius 2 is 2.40 bits per heavy atom. The molecular weight excluding hydrogens is 208 g/mol. The van der Waals surface area contributed by atoms with Crippen LogP contribution in [-0.2, 0) is 0 Å². The van der Waals surface area contributed by atoms with Gasteiger partial charge < -0.3 is 5.32 Å². The number of hydrogen-bond donors (Lipinski definition) is 2. The molecule has 0 fully saturated rings. The fraction of sp³-hybridized carbons (Fsp3) is 0.200. The van der Waals surface area contributed by atoms with Crippen molar-refractivity contribution >= 4 is 33.5 Å². The van der Waals surface area contributed by atoms with Gasteiger partial charge in [0, 0.05) is 16.8 Å². The second kappa shape index (κ2) is 3.58. The Balaban J connectivity index is 1.90. The van der Waals surface area contributed by atoms with Crippen LogP contribution < -0.4 is 5.32 Å². The number of amidine groups is 1. The second-order valence-corrected chi connectivity index (χ2v) is 4.42. The van der Waals surface area contributed by atoms with E-state index in [2.05, 4.69) is 26.6 Å². The number of aromatic nitrogens is 2. The molecule has 0 amide bonds. The molecule has 0 bridgehead atoms. The van der Waals surface area contributed by atoms with E-state index in [1.54, 1.807) is 11.8 Å². The summed E-state index contributed by atoms with van der Waals surface area (Å²) < 4.78 is 0. The number of aromatic amines is 1. The first-order valence-corrected chi connectivity index (χ1v) is 5.78. The number of nitrogens with zero attached hydrogens (tertiary/aromatic N) is 2. The van der Waals surface area contributed by atoms with E-state index in [0.717, 1.165) is 34.1 Å². The zero-order valence-corrected chi connectivity index (χ0v) is 8.84. The summed E-state index contributed by atoms with van der Waals surface area (Å²) in [6.45, 7) is 0.918. The smallest absolute Gasteiger partial charge is 0.161 e. The van der Waals surface area contributed by atoms with Crippen molar-refractivity contribution < 1.29 is 0 Å². The lowest BCUT2D eigenvalue weighted by Crippen LogP contribution is -2.04. The Morgan fingerprint density at radius 3 is 3.27 bits per heavy atom. The molecule has 0 saturated carbocycles. The average Bonchev–Trinajstić information content (AvgIpc) is 2.87. The molecule has 2 heterocycles. The fourth-order valence-electron chi connectivity index (χ4n) is 1.55. The Kier molecular flexibility index (Phi) is 2.10. The summed E-state index contributed by atoms with van der Waals surface area (Å²) in [5.74, 6) is 1.08. The molecule has 1 aromatic heterocycles. The Labute approximate surface area is 91.2 Å². The monoisotopic (exact) mass is 218 g/mol. The van der Waals surface area contributed by atoms with Crippen LogP contribution in [0.2, 0.25) is 0 Å². The minimum atomic E-state index is 0.918. The SMILES string of the molecule is c1cc2[nH]ncc2cc1NC1=NCCS1. The summed E-state index contributed by atoms with van der Waals surface area (Å²) >= 11 is 1.76. The van der Waals surface area contributed by atoms with Crippen LogP contribution in [0.15, 0.2) is 29.4 Å². The first-order valence-electron chi connectivity index (χ1n) is 4.79. The highest BCUT2D eigenvalue weighted by Gasteiger charge is 2.07. The number of benzene rings is 1. The van der Waals surface area contributed by atoms with Crippen LogP contribution in [0.3, 0.4) is 0 Å². The molecule has 4 nitrogen and oxygen atoms in total. The van der Waals surface area contributed by atoms with Gasteiger partial charge in [0.15, 0.2) is 5.17 Å². The van der Waals surface area contributed by atoms with E-state index in [1.807, 2.05) is 18.3 Å². The van der Waals surface area contributed by atoms with Crippen molar-refractivity contribution in [3.63, 3.8) is 0 Å². The van der Waals surface area contributed by atoms with Crippen molar-refractivity contribution in [2.24, 2.45) is 4.99 Å². The van der Waals surface area contributed by atoms with Crippen LogP contribution in [0, 0.1) is 0 Å². The van der Waals surface area contributed by atoms with Crippen molar-refractivity contribution in [2.75, 3.05) is 17.6 Å². The molecule has 2 aromatic rings. The summed E-state index contributed by atoms with van der Waals surface area (Å²) in [6, 6.07) is 6.12. The number of nitrogens with one attached hydrogen (secondary N) is 2. The maximum Gasteiger partial charge on any atom is 0.161 e. The van der Waals surface area contributed by atoms with Crippen molar-refractivity contribution in [2.45, 2.75) is 0 Å². The molecule has 0 spiro atoms.